The molecular weight excluding hydrogens is 350 g/mol. The fraction of sp³-hybridized carbons (Fsp3) is 0.652. The van der Waals surface area contributed by atoms with Crippen LogP contribution in [0.25, 0.3) is 0 Å². The first-order valence-corrected chi connectivity index (χ1v) is 11.1. The molecule has 2 amide bonds. The van der Waals surface area contributed by atoms with Crippen LogP contribution in [0, 0.1) is 5.92 Å². The summed E-state index contributed by atoms with van der Waals surface area (Å²) < 4.78 is 0. The molecule has 1 saturated carbocycles. The van der Waals surface area contributed by atoms with Crippen molar-refractivity contribution in [1.29, 1.82) is 0 Å². The lowest BCUT2D eigenvalue weighted by molar-refractivity contribution is -0.140. The lowest BCUT2D eigenvalue weighted by Crippen LogP contribution is -2.53. The summed E-state index contributed by atoms with van der Waals surface area (Å²) in [4.78, 5) is 27.9. The second-order valence-electron chi connectivity index (χ2n) is 8.77. The number of nitrogens with one attached hydrogen (secondary N) is 1. The van der Waals surface area contributed by atoms with Crippen LogP contribution in [0.5, 0.6) is 0 Å². The quantitative estimate of drug-likeness (QED) is 0.839. The Balaban J connectivity index is 1.42. The standard InChI is InChI=1S/C23H33N3O2/c24-21(17-9-2-1-3-10-17)23(28)26-15-7-14-20(26)22(27)25-19-13-6-11-16-8-4-5-12-18(16)19/h4-5,8,12,17,19-21H,1-3,6-7,9-11,13-15,24H2,(H,25,27)/t19-,20+,21+/m1/s1. The van der Waals surface area contributed by atoms with E-state index < -0.39 is 6.04 Å². The van der Waals surface area contributed by atoms with Crippen molar-refractivity contribution in [1.82, 2.24) is 10.2 Å². The first-order chi connectivity index (χ1) is 13.6. The Morgan fingerprint density at radius 3 is 2.61 bits per heavy atom. The summed E-state index contributed by atoms with van der Waals surface area (Å²) in [6.07, 6.45) is 10.4. The van der Waals surface area contributed by atoms with E-state index in [-0.39, 0.29) is 29.8 Å². The summed E-state index contributed by atoms with van der Waals surface area (Å²) in [6.45, 7) is 0.651. The highest BCUT2D eigenvalue weighted by molar-refractivity contribution is 5.90. The molecular formula is C23H33N3O2. The lowest BCUT2D eigenvalue weighted by atomic mass is 9.83. The second kappa shape index (κ2) is 8.64. The smallest absolute Gasteiger partial charge is 0.243 e. The zero-order valence-electron chi connectivity index (χ0n) is 16.7. The van der Waals surface area contributed by atoms with Gasteiger partial charge in [0, 0.05) is 6.54 Å². The van der Waals surface area contributed by atoms with E-state index in [9.17, 15) is 9.59 Å². The minimum atomic E-state index is -0.455. The van der Waals surface area contributed by atoms with Gasteiger partial charge in [-0.3, -0.25) is 9.59 Å². The molecule has 1 aromatic rings. The molecule has 5 nitrogen and oxygen atoms in total. The number of amides is 2. The van der Waals surface area contributed by atoms with Gasteiger partial charge in [0.25, 0.3) is 0 Å². The molecule has 4 rings (SSSR count). The molecule has 1 aromatic carbocycles. The van der Waals surface area contributed by atoms with E-state index >= 15 is 0 Å². The lowest BCUT2D eigenvalue weighted by Gasteiger charge is -2.33. The van der Waals surface area contributed by atoms with Gasteiger partial charge in [0.15, 0.2) is 0 Å². The molecule has 1 saturated heterocycles. The molecule has 3 atom stereocenters. The van der Waals surface area contributed by atoms with Gasteiger partial charge < -0.3 is 16.0 Å². The maximum Gasteiger partial charge on any atom is 0.243 e. The molecule has 28 heavy (non-hydrogen) atoms. The van der Waals surface area contributed by atoms with Crippen molar-refractivity contribution in [3.8, 4) is 0 Å². The number of benzene rings is 1. The molecule has 0 aromatic heterocycles. The van der Waals surface area contributed by atoms with Crippen molar-refractivity contribution < 1.29 is 9.59 Å². The van der Waals surface area contributed by atoms with Crippen LogP contribution in [0.1, 0.15) is 75.0 Å². The number of likely N-dealkylation sites (tertiary alicyclic amines) is 1. The zero-order valence-corrected chi connectivity index (χ0v) is 16.7. The van der Waals surface area contributed by atoms with E-state index in [1.54, 1.807) is 4.90 Å². The number of hydrogen-bond donors (Lipinski definition) is 2. The van der Waals surface area contributed by atoms with E-state index in [2.05, 4.69) is 23.5 Å². The first-order valence-electron chi connectivity index (χ1n) is 11.1. The molecule has 1 heterocycles. The van der Waals surface area contributed by atoms with Crippen LogP contribution in [0.2, 0.25) is 0 Å². The average molecular weight is 384 g/mol. The summed E-state index contributed by atoms with van der Waals surface area (Å²) in [6, 6.07) is 7.62. The van der Waals surface area contributed by atoms with Crippen LogP contribution in [0.3, 0.4) is 0 Å². The highest BCUT2D eigenvalue weighted by Gasteiger charge is 2.39. The van der Waals surface area contributed by atoms with Gasteiger partial charge in [-0.1, -0.05) is 43.5 Å². The van der Waals surface area contributed by atoms with Gasteiger partial charge in [0.2, 0.25) is 11.8 Å². The van der Waals surface area contributed by atoms with Gasteiger partial charge in [-0.25, -0.2) is 0 Å². The molecule has 2 aliphatic carbocycles. The number of aryl methyl sites for hydroxylation is 1. The van der Waals surface area contributed by atoms with Crippen molar-refractivity contribution in [2.24, 2.45) is 11.7 Å². The zero-order chi connectivity index (χ0) is 19.5. The van der Waals surface area contributed by atoms with Crippen LogP contribution < -0.4 is 11.1 Å². The second-order valence-corrected chi connectivity index (χ2v) is 8.77. The van der Waals surface area contributed by atoms with Crippen LogP contribution in [0.4, 0.5) is 0 Å². The van der Waals surface area contributed by atoms with Crippen molar-refractivity contribution in [2.45, 2.75) is 82.3 Å². The van der Waals surface area contributed by atoms with Gasteiger partial charge in [0.05, 0.1) is 12.1 Å². The summed E-state index contributed by atoms with van der Waals surface area (Å²) in [5, 5.41) is 3.25. The van der Waals surface area contributed by atoms with Crippen molar-refractivity contribution in [3.63, 3.8) is 0 Å². The van der Waals surface area contributed by atoms with E-state index in [0.29, 0.717) is 6.54 Å². The topological polar surface area (TPSA) is 75.4 Å². The molecule has 0 radical (unpaired) electrons. The molecule has 2 fully saturated rings. The molecule has 0 unspecified atom stereocenters. The number of nitrogens with two attached hydrogens (primary N) is 1. The van der Waals surface area contributed by atoms with Gasteiger partial charge in [-0.05, 0) is 62.0 Å². The summed E-state index contributed by atoms with van der Waals surface area (Å²) in [5.41, 5.74) is 8.92. The number of hydrogen-bond acceptors (Lipinski definition) is 3. The van der Waals surface area contributed by atoms with E-state index in [0.717, 1.165) is 57.8 Å². The van der Waals surface area contributed by atoms with Crippen molar-refractivity contribution in [3.05, 3.63) is 35.4 Å². The van der Waals surface area contributed by atoms with Gasteiger partial charge in [-0.15, -0.1) is 0 Å². The highest BCUT2D eigenvalue weighted by Crippen LogP contribution is 2.31. The molecule has 1 aliphatic heterocycles. The molecule has 5 heteroatoms. The normalized spacial score (nSPS) is 26.5. The number of carbonyl (C=O) groups excluding carboxylic acids is 2. The van der Waals surface area contributed by atoms with Crippen LogP contribution in [-0.2, 0) is 16.0 Å². The third-order valence-electron chi connectivity index (χ3n) is 6.97. The number of fused-ring (bicyclic) bond motifs is 1. The predicted octanol–water partition coefficient (Wildman–Crippen LogP) is 3.08. The minimum absolute atomic E-state index is 0.0107. The van der Waals surface area contributed by atoms with Gasteiger partial charge in [-0.2, -0.15) is 0 Å². The Morgan fingerprint density at radius 1 is 1.00 bits per heavy atom. The van der Waals surface area contributed by atoms with Crippen molar-refractivity contribution >= 4 is 11.8 Å². The third-order valence-corrected chi connectivity index (χ3v) is 6.97. The Kier molecular flexibility index (Phi) is 6.00. The monoisotopic (exact) mass is 383 g/mol. The Bertz CT molecular complexity index is 714. The molecule has 0 bridgehead atoms. The van der Waals surface area contributed by atoms with E-state index in [1.807, 2.05) is 6.07 Å². The first kappa shape index (κ1) is 19.4. The molecule has 3 aliphatic rings. The van der Waals surface area contributed by atoms with Gasteiger partial charge in [0.1, 0.15) is 6.04 Å². The average Bonchev–Trinajstić information content (AvgIpc) is 3.23. The van der Waals surface area contributed by atoms with Gasteiger partial charge >= 0.3 is 0 Å². The SMILES string of the molecule is N[C@H](C(=O)N1CCC[C@H]1C(=O)N[C@@H]1CCCc2ccccc21)C1CCCCC1. The maximum atomic E-state index is 13.1. The molecule has 152 valence electrons. The fourth-order valence-corrected chi connectivity index (χ4v) is 5.36. The largest absolute Gasteiger partial charge is 0.347 e. The number of rotatable bonds is 4. The molecule has 3 N–H and O–H groups in total. The minimum Gasteiger partial charge on any atom is -0.347 e. The Labute approximate surface area is 168 Å². The summed E-state index contributed by atoms with van der Waals surface area (Å²) in [5.74, 6) is 0.243. The summed E-state index contributed by atoms with van der Waals surface area (Å²) in [7, 11) is 0. The van der Waals surface area contributed by atoms with E-state index in [4.69, 9.17) is 5.73 Å². The van der Waals surface area contributed by atoms with Crippen LogP contribution in [0.15, 0.2) is 24.3 Å². The number of carbonyl (C=O) groups is 2. The Morgan fingerprint density at radius 2 is 1.79 bits per heavy atom. The number of nitrogens with zero attached hydrogens (tertiary/aromatic N) is 1. The highest BCUT2D eigenvalue weighted by atomic mass is 16.2. The van der Waals surface area contributed by atoms with Crippen LogP contribution >= 0.6 is 0 Å². The maximum absolute atomic E-state index is 13.1. The molecule has 0 spiro atoms. The fourth-order valence-electron chi connectivity index (χ4n) is 5.36. The van der Waals surface area contributed by atoms with Crippen LogP contribution in [-0.4, -0.2) is 35.3 Å². The van der Waals surface area contributed by atoms with E-state index in [1.165, 1.54) is 17.5 Å². The Hall–Kier alpha value is -1.88. The predicted molar refractivity (Wildman–Crippen MR) is 110 cm³/mol. The van der Waals surface area contributed by atoms with Crippen molar-refractivity contribution in [2.75, 3.05) is 6.54 Å². The third kappa shape index (κ3) is 3.95. The summed E-state index contributed by atoms with van der Waals surface area (Å²) >= 11 is 0.